The molecule has 1 aromatic carbocycles. The second-order valence-electron chi connectivity index (χ2n) is 9.27. The summed E-state index contributed by atoms with van der Waals surface area (Å²) in [7, 11) is -4.08. The number of benzene rings is 1. The molecule has 1 fully saturated rings. The average molecular weight is 546 g/mol. The highest BCUT2D eigenvalue weighted by atomic mass is 32.2. The summed E-state index contributed by atoms with van der Waals surface area (Å²) in [6.45, 7) is 0.671. The van der Waals surface area contributed by atoms with Gasteiger partial charge in [-0.05, 0) is 31.0 Å². The predicted molar refractivity (Wildman–Crippen MR) is 134 cm³/mol. The lowest BCUT2D eigenvalue weighted by atomic mass is 10.0. The molecule has 0 unspecified atom stereocenters. The minimum absolute atomic E-state index is 0.0526. The molecule has 1 aliphatic heterocycles. The monoisotopic (exact) mass is 545 g/mol. The van der Waals surface area contributed by atoms with Crippen molar-refractivity contribution in [3.05, 3.63) is 48.4 Å². The van der Waals surface area contributed by atoms with E-state index in [1.807, 2.05) is 4.57 Å². The molecule has 5 rings (SSSR count). The summed E-state index contributed by atoms with van der Waals surface area (Å²) in [6, 6.07) is 11.7. The quantitative estimate of drug-likeness (QED) is 0.344. The van der Waals surface area contributed by atoms with Crippen LogP contribution >= 0.6 is 0 Å². The first-order valence-corrected chi connectivity index (χ1v) is 13.7. The molecule has 0 radical (unpaired) electrons. The van der Waals surface area contributed by atoms with Crippen LogP contribution in [0.5, 0.6) is 0 Å². The summed E-state index contributed by atoms with van der Waals surface area (Å²) in [6.07, 6.45) is -0.975. The molecular weight excluding hydrogens is 519 g/mol. The van der Waals surface area contributed by atoms with E-state index in [-0.39, 0.29) is 28.0 Å². The van der Waals surface area contributed by atoms with Gasteiger partial charge in [0.05, 0.1) is 29.6 Å². The fourth-order valence-electron chi connectivity index (χ4n) is 5.03. The van der Waals surface area contributed by atoms with Gasteiger partial charge in [-0.15, -0.1) is 0 Å². The summed E-state index contributed by atoms with van der Waals surface area (Å²) in [4.78, 5) is 14.3. The normalized spacial score (nSPS) is 15.8. The molecule has 13 heteroatoms. The average Bonchev–Trinajstić information content (AvgIpc) is 3.51. The lowest BCUT2D eigenvalue weighted by Crippen LogP contribution is -2.36. The lowest BCUT2D eigenvalue weighted by molar-refractivity contribution is -0.125. The number of alkyl halides is 3. The van der Waals surface area contributed by atoms with Gasteiger partial charge in [0.25, 0.3) is 0 Å². The topological polar surface area (TPSA) is 120 Å². The van der Waals surface area contributed by atoms with Gasteiger partial charge in [-0.25, -0.2) is 18.4 Å². The molecule has 0 aliphatic carbocycles. The van der Waals surface area contributed by atoms with Crippen molar-refractivity contribution < 1.29 is 21.6 Å². The van der Waals surface area contributed by atoms with E-state index in [4.69, 9.17) is 5.26 Å². The number of pyridine rings is 1. The van der Waals surface area contributed by atoms with Crippen molar-refractivity contribution in [2.24, 2.45) is 0 Å². The van der Waals surface area contributed by atoms with Gasteiger partial charge in [-0.1, -0.05) is 18.2 Å². The number of sulfone groups is 1. The number of aromatic amines is 1. The number of nitrogens with zero attached hydrogens (tertiary/aromatic N) is 5. The third-order valence-electron chi connectivity index (χ3n) is 6.76. The van der Waals surface area contributed by atoms with Crippen LogP contribution in [0.2, 0.25) is 0 Å². The van der Waals surface area contributed by atoms with Crippen LogP contribution in [0.15, 0.2) is 52.5 Å². The third-order valence-corrected chi connectivity index (χ3v) is 8.45. The van der Waals surface area contributed by atoms with E-state index in [1.165, 1.54) is 12.1 Å². The Balaban J connectivity index is 1.65. The van der Waals surface area contributed by atoms with Gasteiger partial charge in [0.15, 0.2) is 5.03 Å². The highest BCUT2D eigenvalue weighted by Crippen LogP contribution is 2.36. The number of piperidine rings is 1. The summed E-state index contributed by atoms with van der Waals surface area (Å²) in [5.41, 5.74) is 1.02. The number of aromatic nitrogens is 4. The molecule has 9 nitrogen and oxygen atoms in total. The number of nitrogens with one attached hydrogen (secondary N) is 2. The van der Waals surface area contributed by atoms with Crippen LogP contribution in [-0.4, -0.2) is 65.2 Å². The number of hydrogen-bond acceptors (Lipinski definition) is 7. The maximum Gasteiger partial charge on any atom is 0.401 e. The third kappa shape index (κ3) is 5.11. The molecule has 0 bridgehead atoms. The van der Waals surface area contributed by atoms with Crippen molar-refractivity contribution >= 4 is 31.9 Å². The highest BCUT2D eigenvalue weighted by Gasteiger charge is 2.32. The van der Waals surface area contributed by atoms with Crippen molar-refractivity contribution in [1.82, 2.24) is 29.7 Å². The van der Waals surface area contributed by atoms with E-state index in [2.05, 4.69) is 31.2 Å². The highest BCUT2D eigenvalue weighted by molar-refractivity contribution is 7.91. The number of rotatable bonds is 8. The molecule has 0 saturated carbocycles. The molecular formula is C25H26F3N7O2S. The molecule has 1 aliphatic rings. The molecule has 0 spiro atoms. The summed E-state index contributed by atoms with van der Waals surface area (Å²) in [5.74, 6) is 0.319. The number of imidazole rings is 1. The number of likely N-dealkylation sites (tertiary alicyclic amines) is 1. The molecule has 4 aromatic rings. The Morgan fingerprint density at radius 3 is 2.55 bits per heavy atom. The molecule has 0 atom stereocenters. The van der Waals surface area contributed by atoms with Crippen LogP contribution in [0.4, 0.5) is 13.2 Å². The molecule has 38 heavy (non-hydrogen) atoms. The van der Waals surface area contributed by atoms with Crippen molar-refractivity contribution in [2.75, 3.05) is 26.2 Å². The van der Waals surface area contributed by atoms with Crippen molar-refractivity contribution in [1.29, 1.82) is 5.26 Å². The molecule has 200 valence electrons. The van der Waals surface area contributed by atoms with Gasteiger partial charge >= 0.3 is 6.18 Å². The zero-order valence-corrected chi connectivity index (χ0v) is 21.2. The summed E-state index contributed by atoms with van der Waals surface area (Å²) in [5, 5.41) is 11.7. The van der Waals surface area contributed by atoms with Crippen LogP contribution in [0, 0.1) is 11.3 Å². The molecule has 3 aromatic heterocycles. The SMILES string of the molecule is N#CCCN1CCC(n2c(CNCC(F)(F)F)nc3c(S(=O)(=O)c4ccccc4)nc4[nH]ccc4c32)CC1. The Morgan fingerprint density at radius 2 is 1.87 bits per heavy atom. The first kappa shape index (κ1) is 26.1. The maximum absolute atomic E-state index is 13.7. The van der Waals surface area contributed by atoms with E-state index >= 15 is 0 Å². The Labute approximate surface area is 217 Å². The standard InChI is InChI=1S/C25H26F3N7O2S/c26-25(27,28)16-30-15-20-32-21-22(35(20)17-8-13-34(14-9-17)12-4-10-29)19-7-11-31-23(19)33-24(21)38(36,37)18-5-2-1-3-6-18/h1-3,5-7,11,17,30H,4,8-9,12-16H2,(H,31,33). The van der Waals surface area contributed by atoms with Crippen LogP contribution in [0.1, 0.15) is 31.1 Å². The fraction of sp³-hybridized carbons (Fsp3) is 0.400. The minimum Gasteiger partial charge on any atom is -0.346 e. The fourth-order valence-corrected chi connectivity index (χ4v) is 6.37. The zero-order chi connectivity index (χ0) is 26.9. The largest absolute Gasteiger partial charge is 0.401 e. The smallest absolute Gasteiger partial charge is 0.346 e. The lowest BCUT2D eigenvalue weighted by Gasteiger charge is -2.33. The molecule has 2 N–H and O–H groups in total. The first-order chi connectivity index (χ1) is 18.2. The maximum atomic E-state index is 13.7. The Bertz CT molecular complexity index is 1580. The van der Waals surface area contributed by atoms with Gasteiger partial charge in [0.2, 0.25) is 9.84 Å². The van der Waals surface area contributed by atoms with Crippen LogP contribution in [0.3, 0.4) is 0 Å². The van der Waals surface area contributed by atoms with E-state index < -0.39 is 22.6 Å². The zero-order valence-electron chi connectivity index (χ0n) is 20.4. The van der Waals surface area contributed by atoms with Gasteiger partial charge in [-0.3, -0.25) is 0 Å². The number of hydrogen-bond donors (Lipinski definition) is 2. The Morgan fingerprint density at radius 1 is 1.13 bits per heavy atom. The van der Waals surface area contributed by atoms with E-state index in [9.17, 15) is 21.6 Å². The Hall–Kier alpha value is -3.47. The number of nitriles is 1. The second kappa shape index (κ2) is 10.4. The van der Waals surface area contributed by atoms with Gasteiger partial charge in [0, 0.05) is 43.7 Å². The van der Waals surface area contributed by atoms with E-state index in [0.29, 0.717) is 61.3 Å². The van der Waals surface area contributed by atoms with Crippen molar-refractivity contribution in [3.8, 4) is 6.07 Å². The van der Waals surface area contributed by atoms with Crippen LogP contribution in [-0.2, 0) is 16.4 Å². The number of H-pyrrole nitrogens is 1. The van der Waals surface area contributed by atoms with Crippen molar-refractivity contribution in [3.63, 3.8) is 0 Å². The van der Waals surface area contributed by atoms with Crippen molar-refractivity contribution in [2.45, 2.75) is 47.9 Å². The molecule has 1 saturated heterocycles. The first-order valence-electron chi connectivity index (χ1n) is 12.2. The molecule has 0 amide bonds. The minimum atomic E-state index is -4.40. The van der Waals surface area contributed by atoms with Crippen LogP contribution in [0.25, 0.3) is 22.1 Å². The van der Waals surface area contributed by atoms with E-state index in [1.54, 1.807) is 30.5 Å². The summed E-state index contributed by atoms with van der Waals surface area (Å²) < 4.78 is 68.0. The van der Waals surface area contributed by atoms with Crippen LogP contribution < -0.4 is 5.32 Å². The van der Waals surface area contributed by atoms with Gasteiger partial charge in [0.1, 0.15) is 17.0 Å². The summed E-state index contributed by atoms with van der Waals surface area (Å²) >= 11 is 0. The van der Waals surface area contributed by atoms with Gasteiger partial charge in [-0.2, -0.15) is 18.4 Å². The predicted octanol–water partition coefficient (Wildman–Crippen LogP) is 3.95. The second-order valence-corrected chi connectivity index (χ2v) is 11.1. The molecule has 4 heterocycles. The number of halogens is 3. The van der Waals surface area contributed by atoms with E-state index in [0.717, 1.165) is 0 Å². The number of fused-ring (bicyclic) bond motifs is 3. The van der Waals surface area contributed by atoms with Gasteiger partial charge < -0.3 is 19.8 Å². The Kier molecular flexibility index (Phi) is 7.13.